The number of carbonyl (C=O) groups is 1. The lowest BCUT2D eigenvalue weighted by Crippen LogP contribution is -2.48. The van der Waals surface area contributed by atoms with Crippen molar-refractivity contribution in [2.24, 2.45) is 5.92 Å². The van der Waals surface area contributed by atoms with Crippen molar-refractivity contribution in [3.05, 3.63) is 46.3 Å². The number of aromatic carboxylic acids is 1. The van der Waals surface area contributed by atoms with Gasteiger partial charge in [-0.3, -0.25) is 9.51 Å². The van der Waals surface area contributed by atoms with Crippen LogP contribution in [0.25, 0.3) is 10.9 Å². The summed E-state index contributed by atoms with van der Waals surface area (Å²) in [6, 6.07) is 7.67. The van der Waals surface area contributed by atoms with Crippen molar-refractivity contribution in [3.63, 3.8) is 0 Å². The fourth-order valence-corrected chi connectivity index (χ4v) is 4.80. The van der Waals surface area contributed by atoms with Crippen LogP contribution in [-0.4, -0.2) is 51.1 Å². The number of hydrogen-bond acceptors (Lipinski definition) is 6. The van der Waals surface area contributed by atoms with E-state index in [1.165, 1.54) is 0 Å². The van der Waals surface area contributed by atoms with E-state index in [0.717, 1.165) is 29.7 Å². The maximum absolute atomic E-state index is 12.1. The second-order valence-electron chi connectivity index (χ2n) is 8.92. The molecule has 2 atom stereocenters. The Morgan fingerprint density at radius 3 is 2.70 bits per heavy atom. The number of hydrogen-bond donors (Lipinski definition) is 2. The summed E-state index contributed by atoms with van der Waals surface area (Å²) >= 11 is 0. The first-order chi connectivity index (χ1) is 14.2. The topological polar surface area (TPSA) is 114 Å². The molecule has 158 valence electrons. The van der Waals surface area contributed by atoms with Gasteiger partial charge in [-0.15, -0.1) is 0 Å². The van der Waals surface area contributed by atoms with Gasteiger partial charge in [0.2, 0.25) is 0 Å². The fourth-order valence-electron chi connectivity index (χ4n) is 4.80. The molecule has 1 saturated heterocycles. The van der Waals surface area contributed by atoms with Crippen LogP contribution in [0.2, 0.25) is 0 Å². The number of benzene rings is 1. The molecule has 1 aromatic carbocycles. The Morgan fingerprint density at radius 2 is 2.10 bits per heavy atom. The second kappa shape index (κ2) is 6.21. The summed E-state index contributed by atoms with van der Waals surface area (Å²) in [5, 5.41) is 14.6. The first-order valence-corrected chi connectivity index (χ1v) is 10.1. The minimum atomic E-state index is -1.02. The van der Waals surface area contributed by atoms with E-state index in [-0.39, 0.29) is 17.2 Å². The highest BCUT2D eigenvalue weighted by Gasteiger charge is 2.59. The monoisotopic (exact) mass is 412 g/mol. The average Bonchev–Trinajstić information content (AvgIpc) is 3.03. The van der Waals surface area contributed by atoms with Crippen LogP contribution in [0.5, 0.6) is 0 Å². The molecule has 1 aliphatic carbocycles. The van der Waals surface area contributed by atoms with Crippen LogP contribution < -0.4 is 10.7 Å². The number of aromatic amines is 1. The molecule has 3 heterocycles. The summed E-state index contributed by atoms with van der Waals surface area (Å²) in [4.78, 5) is 28.6. The number of morpholine rings is 1. The molecule has 2 fully saturated rings. The Morgan fingerprint density at radius 1 is 1.33 bits per heavy atom. The van der Waals surface area contributed by atoms with Gasteiger partial charge in [-0.05, 0) is 50.5 Å². The van der Waals surface area contributed by atoms with Gasteiger partial charge in [-0.25, -0.2) is 9.59 Å². The lowest BCUT2D eigenvalue weighted by atomic mass is 10.1. The van der Waals surface area contributed by atoms with Crippen molar-refractivity contribution in [1.82, 2.24) is 14.7 Å². The van der Waals surface area contributed by atoms with Gasteiger partial charge in [0.25, 0.3) is 0 Å². The highest BCUT2D eigenvalue weighted by Crippen LogP contribution is 2.55. The minimum absolute atomic E-state index is 0.103. The van der Waals surface area contributed by atoms with Gasteiger partial charge in [0.1, 0.15) is 11.2 Å². The second-order valence-corrected chi connectivity index (χ2v) is 8.92. The number of nitrogens with one attached hydrogen (secondary N) is 1. The first kappa shape index (κ1) is 18.9. The molecular formula is C21H24N4O5. The van der Waals surface area contributed by atoms with Crippen LogP contribution in [0.1, 0.15) is 43.5 Å². The Labute approximate surface area is 172 Å². The number of H-pyrrole nitrogens is 1. The van der Waals surface area contributed by atoms with Crippen LogP contribution in [0.15, 0.2) is 33.6 Å². The molecule has 0 amide bonds. The molecule has 1 saturated carbocycles. The zero-order chi connectivity index (χ0) is 21.3. The molecular weight excluding hydrogens is 388 g/mol. The van der Waals surface area contributed by atoms with Crippen molar-refractivity contribution >= 4 is 22.6 Å². The third-order valence-corrected chi connectivity index (χ3v) is 6.32. The first-order valence-electron chi connectivity index (χ1n) is 10.1. The quantitative estimate of drug-likeness (QED) is 0.676. The summed E-state index contributed by atoms with van der Waals surface area (Å²) in [5.41, 5.74) is 1.01. The van der Waals surface area contributed by atoms with Crippen LogP contribution in [0.3, 0.4) is 0 Å². The summed E-state index contributed by atoms with van der Waals surface area (Å²) in [5.74, 6) is -1.20. The summed E-state index contributed by atoms with van der Waals surface area (Å²) in [7, 11) is 0. The van der Waals surface area contributed by atoms with Crippen LogP contribution in [0.4, 0.5) is 5.69 Å². The molecule has 1 aliphatic heterocycles. The molecule has 0 unspecified atom stereocenters. The normalized spacial score (nSPS) is 25.6. The number of ether oxygens (including phenoxy) is 1. The smallest absolute Gasteiger partial charge is 0.438 e. The summed E-state index contributed by atoms with van der Waals surface area (Å²) < 4.78 is 12.3. The van der Waals surface area contributed by atoms with Crippen LogP contribution >= 0.6 is 0 Å². The number of carboxylic acid groups (broad SMARTS) is 1. The van der Waals surface area contributed by atoms with E-state index in [1.54, 1.807) is 10.6 Å². The van der Waals surface area contributed by atoms with Crippen molar-refractivity contribution in [3.8, 4) is 0 Å². The zero-order valence-corrected chi connectivity index (χ0v) is 17.1. The number of nitrogens with zero attached hydrogens (tertiary/aromatic N) is 3. The molecule has 2 aliphatic rings. The lowest BCUT2D eigenvalue weighted by Gasteiger charge is -2.39. The van der Waals surface area contributed by atoms with Crippen LogP contribution in [0, 0.1) is 5.92 Å². The zero-order valence-electron chi connectivity index (χ0n) is 17.1. The molecule has 2 aromatic heterocycles. The van der Waals surface area contributed by atoms with Gasteiger partial charge >= 0.3 is 11.7 Å². The Hall–Kier alpha value is -3.07. The van der Waals surface area contributed by atoms with Crippen molar-refractivity contribution in [1.29, 1.82) is 0 Å². The molecule has 0 spiro atoms. The summed E-state index contributed by atoms with van der Waals surface area (Å²) in [6.45, 7) is 8.32. The predicted molar refractivity (Wildman–Crippen MR) is 109 cm³/mol. The average molecular weight is 412 g/mol. The standard InChI is InChI=1S/C21H24N4O5/c1-12-10-21(12,18-22-19(28)30-23-18)25-15-5-4-14(8-13(15)9-16(25)17(26)27)24-6-7-29-20(2,3)11-24/h4-5,8-9,12H,6-7,10-11H2,1-3H3,(H,26,27)(H,22,23,28)/t12-,21-/m0/s1. The Kier molecular flexibility index (Phi) is 3.92. The third kappa shape index (κ3) is 2.76. The van der Waals surface area contributed by atoms with Gasteiger partial charge in [0, 0.05) is 29.7 Å². The lowest BCUT2D eigenvalue weighted by molar-refractivity contribution is -0.0276. The van der Waals surface area contributed by atoms with Crippen LogP contribution in [-0.2, 0) is 10.3 Å². The van der Waals surface area contributed by atoms with E-state index in [4.69, 9.17) is 9.26 Å². The van der Waals surface area contributed by atoms with Gasteiger partial charge in [-0.2, -0.15) is 0 Å². The van der Waals surface area contributed by atoms with Gasteiger partial charge in [-0.1, -0.05) is 12.1 Å². The van der Waals surface area contributed by atoms with Gasteiger partial charge < -0.3 is 19.3 Å². The Balaban J connectivity index is 1.65. The van der Waals surface area contributed by atoms with Gasteiger partial charge in [0.15, 0.2) is 5.82 Å². The van der Waals surface area contributed by atoms with E-state index in [0.29, 0.717) is 18.9 Å². The third-order valence-electron chi connectivity index (χ3n) is 6.32. The summed E-state index contributed by atoms with van der Waals surface area (Å²) in [6.07, 6.45) is 0.666. The maximum atomic E-state index is 12.1. The molecule has 5 rings (SSSR count). The predicted octanol–water partition coefficient (Wildman–Crippen LogP) is 2.41. The van der Waals surface area contributed by atoms with E-state index in [2.05, 4.69) is 28.9 Å². The van der Waals surface area contributed by atoms with E-state index >= 15 is 0 Å². The molecule has 9 heteroatoms. The maximum Gasteiger partial charge on any atom is 0.438 e. The largest absolute Gasteiger partial charge is 0.477 e. The molecule has 2 N–H and O–H groups in total. The van der Waals surface area contributed by atoms with Gasteiger partial charge in [0.05, 0.1) is 12.2 Å². The highest BCUT2D eigenvalue weighted by molar-refractivity contribution is 5.96. The van der Waals surface area contributed by atoms with Crippen molar-refractivity contribution in [2.75, 3.05) is 24.6 Å². The molecule has 0 bridgehead atoms. The molecule has 3 aromatic rings. The number of anilines is 1. The Bertz CT molecular complexity index is 1210. The van der Waals surface area contributed by atoms with E-state index < -0.39 is 17.3 Å². The number of fused-ring (bicyclic) bond motifs is 1. The van der Waals surface area contributed by atoms with E-state index in [1.807, 2.05) is 25.1 Å². The molecule has 0 radical (unpaired) electrons. The van der Waals surface area contributed by atoms with E-state index in [9.17, 15) is 14.7 Å². The highest BCUT2D eigenvalue weighted by atomic mass is 16.5. The van der Waals surface area contributed by atoms with Crippen molar-refractivity contribution < 1.29 is 19.2 Å². The number of rotatable bonds is 4. The fraction of sp³-hybridized carbons (Fsp3) is 0.476. The van der Waals surface area contributed by atoms with Crippen molar-refractivity contribution in [2.45, 2.75) is 38.3 Å². The SMILES string of the molecule is C[C@H]1C[C@]1(c1noc(=O)[nH]1)n1c(C(=O)O)cc2cc(N3CCOC(C)(C)C3)ccc21. The number of aromatic nitrogens is 3. The molecule has 9 nitrogen and oxygen atoms in total. The number of carboxylic acids is 1. The minimum Gasteiger partial charge on any atom is -0.477 e. The molecule has 30 heavy (non-hydrogen) atoms.